The van der Waals surface area contributed by atoms with E-state index in [9.17, 15) is 5.11 Å². The third kappa shape index (κ3) is 1.74. The van der Waals surface area contributed by atoms with Crippen molar-refractivity contribution in [3.05, 3.63) is 47.5 Å². The van der Waals surface area contributed by atoms with Crippen molar-refractivity contribution >= 4 is 22.7 Å². The van der Waals surface area contributed by atoms with E-state index >= 15 is 0 Å². The van der Waals surface area contributed by atoms with E-state index in [4.69, 9.17) is 16.0 Å². The quantitative estimate of drug-likeness (QED) is 0.708. The molecule has 0 aliphatic carbocycles. The Morgan fingerprint density at radius 2 is 1.94 bits per heavy atom. The van der Waals surface area contributed by atoms with Crippen molar-refractivity contribution in [2.45, 2.75) is 0 Å². The molecule has 0 amide bonds. The second-order valence-corrected chi connectivity index (χ2v) is 4.08. The number of para-hydroxylation sites is 2. The minimum atomic E-state index is 0.0981. The van der Waals surface area contributed by atoms with Gasteiger partial charge in [0.25, 0.3) is 0 Å². The first-order valence-corrected chi connectivity index (χ1v) is 5.46. The average Bonchev–Trinajstić information content (AvgIpc) is 2.75. The lowest BCUT2D eigenvalue weighted by Gasteiger charge is -1.99. The molecule has 1 N–H and O–H groups in total. The highest BCUT2D eigenvalue weighted by atomic mass is 35.5. The Labute approximate surface area is 102 Å². The summed E-state index contributed by atoms with van der Waals surface area (Å²) in [6.45, 7) is 0. The summed E-state index contributed by atoms with van der Waals surface area (Å²) in [7, 11) is 0. The molecular formula is C13H8ClNO2. The zero-order valence-corrected chi connectivity index (χ0v) is 9.48. The number of hydrogen-bond donors (Lipinski definition) is 1. The van der Waals surface area contributed by atoms with Gasteiger partial charge in [0.1, 0.15) is 11.3 Å². The maximum absolute atomic E-state index is 9.75. The first-order valence-electron chi connectivity index (χ1n) is 5.08. The van der Waals surface area contributed by atoms with Crippen molar-refractivity contribution < 1.29 is 9.52 Å². The molecule has 1 aromatic heterocycles. The van der Waals surface area contributed by atoms with Crippen LogP contribution in [0.2, 0.25) is 5.02 Å². The Morgan fingerprint density at radius 1 is 1.12 bits per heavy atom. The fourth-order valence-electron chi connectivity index (χ4n) is 1.67. The van der Waals surface area contributed by atoms with Crippen LogP contribution in [0, 0.1) is 0 Å². The number of phenolic OH excluding ortho intramolecular Hbond substituents is 1. The number of aromatic nitrogens is 1. The second-order valence-electron chi connectivity index (χ2n) is 3.65. The average molecular weight is 246 g/mol. The third-order valence-electron chi connectivity index (χ3n) is 2.48. The lowest BCUT2D eigenvalue weighted by molar-refractivity contribution is 0.474. The number of halogens is 1. The maximum atomic E-state index is 9.75. The summed E-state index contributed by atoms with van der Waals surface area (Å²) in [5.74, 6) is 0.465. The molecule has 0 unspecified atom stereocenters. The molecule has 0 fully saturated rings. The van der Waals surface area contributed by atoms with Crippen molar-refractivity contribution in [1.82, 2.24) is 4.98 Å². The van der Waals surface area contributed by atoms with Crippen molar-refractivity contribution in [2.24, 2.45) is 0 Å². The highest BCUT2D eigenvalue weighted by molar-refractivity contribution is 6.30. The second kappa shape index (κ2) is 3.79. The van der Waals surface area contributed by atoms with Crippen LogP contribution in [0.1, 0.15) is 0 Å². The Morgan fingerprint density at radius 3 is 2.76 bits per heavy atom. The topological polar surface area (TPSA) is 46.3 Å². The van der Waals surface area contributed by atoms with Gasteiger partial charge in [0.15, 0.2) is 5.58 Å². The number of aromatic hydroxyl groups is 1. The van der Waals surface area contributed by atoms with Crippen molar-refractivity contribution in [3.63, 3.8) is 0 Å². The van der Waals surface area contributed by atoms with Gasteiger partial charge < -0.3 is 9.52 Å². The van der Waals surface area contributed by atoms with Gasteiger partial charge in [0, 0.05) is 5.02 Å². The Hall–Kier alpha value is -2.00. The van der Waals surface area contributed by atoms with Crippen LogP contribution < -0.4 is 0 Å². The van der Waals surface area contributed by atoms with E-state index in [1.165, 1.54) is 6.07 Å². The summed E-state index contributed by atoms with van der Waals surface area (Å²) in [5, 5.41) is 10.3. The fourth-order valence-corrected chi connectivity index (χ4v) is 1.84. The Bertz CT molecular complexity index is 658. The van der Waals surface area contributed by atoms with Crippen molar-refractivity contribution in [3.8, 4) is 17.2 Å². The summed E-state index contributed by atoms with van der Waals surface area (Å²) in [6.07, 6.45) is 0. The zero-order valence-electron chi connectivity index (χ0n) is 8.72. The maximum Gasteiger partial charge on any atom is 0.231 e. The summed E-state index contributed by atoms with van der Waals surface area (Å²) in [4.78, 5) is 4.30. The van der Waals surface area contributed by atoms with Crippen LogP contribution in [-0.2, 0) is 0 Å². The normalized spacial score (nSPS) is 10.9. The molecule has 4 heteroatoms. The molecule has 3 nitrogen and oxygen atoms in total. The van der Waals surface area contributed by atoms with Gasteiger partial charge in [-0.2, -0.15) is 0 Å². The number of fused-ring (bicyclic) bond motifs is 1. The molecule has 1 heterocycles. The van der Waals surface area contributed by atoms with E-state index in [0.717, 1.165) is 5.52 Å². The SMILES string of the molecule is Oc1ccc(Cl)cc1-c1nc2ccccc2o1. The van der Waals surface area contributed by atoms with Gasteiger partial charge in [-0.3, -0.25) is 0 Å². The molecule has 0 saturated heterocycles. The molecule has 84 valence electrons. The Balaban J connectivity index is 2.23. The van der Waals surface area contributed by atoms with Gasteiger partial charge in [0.2, 0.25) is 5.89 Å². The van der Waals surface area contributed by atoms with Crippen LogP contribution in [0.5, 0.6) is 5.75 Å². The van der Waals surface area contributed by atoms with Crippen LogP contribution in [-0.4, -0.2) is 10.1 Å². The minimum Gasteiger partial charge on any atom is -0.507 e. The van der Waals surface area contributed by atoms with Crippen LogP contribution >= 0.6 is 11.6 Å². The Kier molecular flexibility index (Phi) is 2.27. The molecule has 3 rings (SSSR count). The van der Waals surface area contributed by atoms with Crippen LogP contribution in [0.4, 0.5) is 0 Å². The highest BCUT2D eigenvalue weighted by Gasteiger charge is 2.12. The lowest BCUT2D eigenvalue weighted by atomic mass is 10.2. The number of benzene rings is 2. The summed E-state index contributed by atoms with van der Waals surface area (Å²) >= 11 is 5.88. The van der Waals surface area contributed by atoms with E-state index in [1.54, 1.807) is 12.1 Å². The van der Waals surface area contributed by atoms with Gasteiger partial charge in [-0.15, -0.1) is 0 Å². The standard InChI is InChI=1S/C13H8ClNO2/c14-8-5-6-11(16)9(7-8)13-15-10-3-1-2-4-12(10)17-13/h1-7,16H. The van der Waals surface area contributed by atoms with E-state index in [0.29, 0.717) is 22.1 Å². The number of hydrogen-bond acceptors (Lipinski definition) is 3. The van der Waals surface area contributed by atoms with Crippen LogP contribution in [0.25, 0.3) is 22.6 Å². The molecular weight excluding hydrogens is 238 g/mol. The molecule has 0 bridgehead atoms. The van der Waals surface area contributed by atoms with Gasteiger partial charge in [0.05, 0.1) is 5.56 Å². The van der Waals surface area contributed by atoms with Crippen LogP contribution in [0.15, 0.2) is 46.9 Å². The van der Waals surface area contributed by atoms with Crippen LogP contribution in [0.3, 0.4) is 0 Å². The molecule has 17 heavy (non-hydrogen) atoms. The van der Waals surface area contributed by atoms with E-state index in [-0.39, 0.29) is 5.75 Å². The van der Waals surface area contributed by atoms with E-state index in [1.807, 2.05) is 24.3 Å². The third-order valence-corrected chi connectivity index (χ3v) is 2.72. The molecule has 0 saturated carbocycles. The van der Waals surface area contributed by atoms with Gasteiger partial charge >= 0.3 is 0 Å². The first-order chi connectivity index (χ1) is 8.24. The van der Waals surface area contributed by atoms with Gasteiger partial charge in [-0.25, -0.2) is 4.98 Å². The number of rotatable bonds is 1. The summed E-state index contributed by atoms with van der Waals surface area (Å²) in [5.41, 5.74) is 1.93. The molecule has 3 aromatic rings. The first kappa shape index (κ1) is 10.2. The van der Waals surface area contributed by atoms with Gasteiger partial charge in [-0.05, 0) is 30.3 Å². The highest BCUT2D eigenvalue weighted by Crippen LogP contribution is 2.32. The molecule has 0 aliphatic heterocycles. The fraction of sp³-hybridized carbons (Fsp3) is 0. The van der Waals surface area contributed by atoms with E-state index in [2.05, 4.69) is 4.98 Å². The number of nitrogens with zero attached hydrogens (tertiary/aromatic N) is 1. The summed E-state index contributed by atoms with van der Waals surface area (Å²) < 4.78 is 5.56. The molecule has 0 spiro atoms. The van der Waals surface area contributed by atoms with E-state index < -0.39 is 0 Å². The zero-order chi connectivity index (χ0) is 11.8. The van der Waals surface area contributed by atoms with Crippen molar-refractivity contribution in [1.29, 1.82) is 0 Å². The predicted molar refractivity (Wildman–Crippen MR) is 66.1 cm³/mol. The monoisotopic (exact) mass is 245 g/mol. The number of oxazole rings is 1. The predicted octanol–water partition coefficient (Wildman–Crippen LogP) is 3.85. The minimum absolute atomic E-state index is 0.0981. The molecule has 0 atom stereocenters. The van der Waals surface area contributed by atoms with Crippen molar-refractivity contribution in [2.75, 3.05) is 0 Å². The number of phenols is 1. The lowest BCUT2D eigenvalue weighted by Crippen LogP contribution is -1.78. The molecule has 0 aliphatic rings. The van der Waals surface area contributed by atoms with Gasteiger partial charge in [-0.1, -0.05) is 23.7 Å². The summed E-state index contributed by atoms with van der Waals surface area (Å²) in [6, 6.07) is 12.2. The molecule has 0 radical (unpaired) electrons. The smallest absolute Gasteiger partial charge is 0.231 e. The molecule has 2 aromatic carbocycles. The largest absolute Gasteiger partial charge is 0.507 e.